The highest BCUT2D eigenvalue weighted by Crippen LogP contribution is 2.14. The van der Waals surface area contributed by atoms with E-state index >= 15 is 0 Å². The summed E-state index contributed by atoms with van der Waals surface area (Å²) in [4.78, 5) is 30.4. The molecule has 0 unspecified atom stereocenters. The number of benzene rings is 1. The van der Waals surface area contributed by atoms with Gasteiger partial charge in [0, 0.05) is 0 Å². The van der Waals surface area contributed by atoms with Crippen molar-refractivity contribution in [1.29, 1.82) is 0 Å². The van der Waals surface area contributed by atoms with Crippen LogP contribution in [0, 0.1) is 6.92 Å². The van der Waals surface area contributed by atoms with Gasteiger partial charge in [0.05, 0.1) is 10.4 Å². The number of nitrogens with one attached hydrogen (secondary N) is 2. The fourth-order valence-electron chi connectivity index (χ4n) is 2.14. The molecule has 0 aliphatic rings. The number of rotatable bonds is 6. The van der Waals surface area contributed by atoms with Gasteiger partial charge < -0.3 is 9.72 Å². The molecule has 10 heteroatoms. The lowest BCUT2D eigenvalue weighted by Gasteiger charge is -2.07. The van der Waals surface area contributed by atoms with Gasteiger partial charge in [0.1, 0.15) is 23.7 Å². The first kappa shape index (κ1) is 18.2. The topological polar surface area (TPSA) is 118 Å². The predicted octanol–water partition coefficient (Wildman–Crippen LogP) is 1.31. The van der Waals surface area contributed by atoms with Gasteiger partial charge >= 0.3 is 5.97 Å². The molecule has 1 aromatic carbocycles. The maximum Gasteiger partial charge on any atom is 0.321 e. The molecule has 3 rings (SSSR count). The molecule has 0 amide bonds. The summed E-state index contributed by atoms with van der Waals surface area (Å²) < 4.78 is 31.8. The summed E-state index contributed by atoms with van der Waals surface area (Å²) in [7, 11) is -3.81. The SMILES string of the molecule is Cc1ccc(S(=O)(=O)NCC(=O)OCc2nc3ccsc3c(=O)[nH]2)cc1. The van der Waals surface area contributed by atoms with Crippen molar-refractivity contribution in [2.75, 3.05) is 6.54 Å². The first-order valence-electron chi connectivity index (χ1n) is 7.53. The molecule has 0 spiro atoms. The van der Waals surface area contributed by atoms with E-state index < -0.39 is 22.5 Å². The second kappa shape index (κ2) is 7.36. The van der Waals surface area contributed by atoms with E-state index in [9.17, 15) is 18.0 Å². The van der Waals surface area contributed by atoms with Crippen molar-refractivity contribution in [2.45, 2.75) is 18.4 Å². The van der Waals surface area contributed by atoms with Crippen LogP contribution in [0.1, 0.15) is 11.4 Å². The Hall–Kier alpha value is -2.56. The Labute approximate surface area is 152 Å². The third-order valence-corrected chi connectivity index (χ3v) is 5.79. The number of carbonyl (C=O) groups is 1. The van der Waals surface area contributed by atoms with Crippen molar-refractivity contribution in [2.24, 2.45) is 0 Å². The number of hydrogen-bond donors (Lipinski definition) is 2. The number of sulfonamides is 1. The monoisotopic (exact) mass is 393 g/mol. The van der Waals surface area contributed by atoms with Gasteiger partial charge in [-0.2, -0.15) is 4.72 Å². The molecule has 8 nitrogen and oxygen atoms in total. The smallest absolute Gasteiger partial charge is 0.321 e. The van der Waals surface area contributed by atoms with Crippen LogP contribution in [0.15, 0.2) is 45.4 Å². The fourth-order valence-corrected chi connectivity index (χ4v) is 3.84. The number of aryl methyl sites for hydroxylation is 1. The number of fused-ring (bicyclic) bond motifs is 1. The van der Waals surface area contributed by atoms with Crippen LogP contribution in [0.5, 0.6) is 0 Å². The summed E-state index contributed by atoms with van der Waals surface area (Å²) in [6, 6.07) is 7.92. The van der Waals surface area contributed by atoms with Crippen molar-refractivity contribution in [3.8, 4) is 0 Å². The molecule has 0 fully saturated rings. The highest BCUT2D eigenvalue weighted by Gasteiger charge is 2.16. The maximum atomic E-state index is 12.1. The maximum absolute atomic E-state index is 12.1. The van der Waals surface area contributed by atoms with E-state index in [0.29, 0.717) is 10.2 Å². The van der Waals surface area contributed by atoms with Gasteiger partial charge in [-0.15, -0.1) is 11.3 Å². The van der Waals surface area contributed by atoms with Crippen LogP contribution < -0.4 is 10.3 Å². The van der Waals surface area contributed by atoms with Crippen LogP contribution in [0.4, 0.5) is 0 Å². The highest BCUT2D eigenvalue weighted by atomic mass is 32.2. The van der Waals surface area contributed by atoms with Crippen molar-refractivity contribution < 1.29 is 17.9 Å². The number of hydrogen-bond acceptors (Lipinski definition) is 7. The van der Waals surface area contributed by atoms with Gasteiger partial charge in [0.2, 0.25) is 10.0 Å². The van der Waals surface area contributed by atoms with E-state index in [1.54, 1.807) is 23.6 Å². The number of ether oxygens (including phenoxy) is 1. The van der Waals surface area contributed by atoms with Crippen LogP contribution in [0.3, 0.4) is 0 Å². The van der Waals surface area contributed by atoms with E-state index in [0.717, 1.165) is 5.56 Å². The predicted molar refractivity (Wildman–Crippen MR) is 96.4 cm³/mol. The summed E-state index contributed by atoms with van der Waals surface area (Å²) in [6.07, 6.45) is 0. The lowest BCUT2D eigenvalue weighted by atomic mass is 10.2. The van der Waals surface area contributed by atoms with Crippen LogP contribution >= 0.6 is 11.3 Å². The van der Waals surface area contributed by atoms with Gasteiger partial charge in [0.25, 0.3) is 5.56 Å². The Morgan fingerprint density at radius 1 is 1.27 bits per heavy atom. The van der Waals surface area contributed by atoms with Crippen LogP contribution in [0.2, 0.25) is 0 Å². The number of thiophene rings is 1. The largest absolute Gasteiger partial charge is 0.457 e. The summed E-state index contributed by atoms with van der Waals surface area (Å²) in [5.41, 5.74) is 1.13. The number of H-pyrrole nitrogens is 1. The first-order chi connectivity index (χ1) is 12.3. The minimum atomic E-state index is -3.81. The lowest BCUT2D eigenvalue weighted by Crippen LogP contribution is -2.30. The molecule has 0 aliphatic carbocycles. The minimum Gasteiger partial charge on any atom is -0.457 e. The Morgan fingerprint density at radius 2 is 2.00 bits per heavy atom. The van der Waals surface area contributed by atoms with Crippen LogP contribution in [0.25, 0.3) is 10.2 Å². The standard InChI is InChI=1S/C16H15N3O5S2/c1-10-2-4-11(5-3-10)26(22,23)17-8-14(20)24-9-13-18-12-6-7-25-15(12)16(21)19-13/h2-7,17H,8-9H2,1H3,(H,18,19,21). The van der Waals surface area contributed by atoms with E-state index in [-0.39, 0.29) is 22.9 Å². The molecule has 26 heavy (non-hydrogen) atoms. The molecule has 2 heterocycles. The minimum absolute atomic E-state index is 0.0600. The average Bonchev–Trinajstić information content (AvgIpc) is 3.08. The fraction of sp³-hybridized carbons (Fsp3) is 0.188. The molecule has 3 aromatic rings. The Balaban J connectivity index is 1.58. The number of nitrogens with zero attached hydrogens (tertiary/aromatic N) is 1. The number of esters is 1. The van der Waals surface area contributed by atoms with Crippen LogP contribution in [-0.4, -0.2) is 30.9 Å². The zero-order valence-corrected chi connectivity index (χ0v) is 15.3. The third kappa shape index (κ3) is 4.15. The van der Waals surface area contributed by atoms with Gasteiger partial charge in [0.15, 0.2) is 0 Å². The van der Waals surface area contributed by atoms with Gasteiger partial charge in [-0.25, -0.2) is 13.4 Å². The molecule has 0 saturated heterocycles. The zero-order valence-electron chi connectivity index (χ0n) is 13.7. The van der Waals surface area contributed by atoms with E-state index in [2.05, 4.69) is 14.7 Å². The molecule has 0 saturated carbocycles. The molecule has 136 valence electrons. The molecule has 2 aromatic heterocycles. The normalized spacial score (nSPS) is 11.6. The quantitative estimate of drug-likeness (QED) is 0.610. The van der Waals surface area contributed by atoms with Crippen molar-refractivity contribution in [3.63, 3.8) is 0 Å². The average molecular weight is 393 g/mol. The molecular formula is C16H15N3O5S2. The van der Waals surface area contributed by atoms with E-state index in [1.807, 2.05) is 6.92 Å². The third-order valence-electron chi connectivity index (χ3n) is 3.47. The molecule has 2 N–H and O–H groups in total. The summed E-state index contributed by atoms with van der Waals surface area (Å²) in [5.74, 6) is -0.593. The Kier molecular flexibility index (Phi) is 5.16. The summed E-state index contributed by atoms with van der Waals surface area (Å²) in [5, 5.41) is 1.74. The van der Waals surface area contributed by atoms with Crippen molar-refractivity contribution in [3.05, 3.63) is 57.5 Å². The Bertz CT molecular complexity index is 1100. The molecular weight excluding hydrogens is 378 g/mol. The zero-order chi connectivity index (χ0) is 18.7. The van der Waals surface area contributed by atoms with Gasteiger partial charge in [-0.1, -0.05) is 17.7 Å². The van der Waals surface area contributed by atoms with Gasteiger partial charge in [-0.05, 0) is 30.5 Å². The highest BCUT2D eigenvalue weighted by molar-refractivity contribution is 7.89. The van der Waals surface area contributed by atoms with E-state index in [4.69, 9.17) is 4.74 Å². The molecule has 0 bridgehead atoms. The van der Waals surface area contributed by atoms with E-state index in [1.165, 1.54) is 23.5 Å². The van der Waals surface area contributed by atoms with Crippen molar-refractivity contribution in [1.82, 2.24) is 14.7 Å². The number of carbonyl (C=O) groups excluding carboxylic acids is 1. The lowest BCUT2D eigenvalue weighted by molar-refractivity contribution is -0.143. The van der Waals surface area contributed by atoms with Crippen LogP contribution in [-0.2, 0) is 26.2 Å². The van der Waals surface area contributed by atoms with Crippen molar-refractivity contribution >= 4 is 37.5 Å². The molecule has 0 radical (unpaired) electrons. The summed E-state index contributed by atoms with van der Waals surface area (Å²) >= 11 is 1.27. The number of aromatic nitrogens is 2. The molecule has 0 aliphatic heterocycles. The Morgan fingerprint density at radius 3 is 2.73 bits per heavy atom. The second-order valence-corrected chi connectivity index (χ2v) is 8.13. The molecule has 0 atom stereocenters. The van der Waals surface area contributed by atoms with Gasteiger partial charge in [-0.3, -0.25) is 9.59 Å². The summed E-state index contributed by atoms with van der Waals surface area (Å²) in [6.45, 7) is 1.06. The number of aromatic amines is 1. The second-order valence-electron chi connectivity index (χ2n) is 5.45. The first-order valence-corrected chi connectivity index (χ1v) is 9.90.